The van der Waals surface area contributed by atoms with E-state index in [1.165, 1.54) is 11.8 Å². The van der Waals surface area contributed by atoms with Crippen LogP contribution in [0.5, 0.6) is 0 Å². The molecule has 1 unspecified atom stereocenters. The van der Waals surface area contributed by atoms with Crippen LogP contribution in [-0.4, -0.2) is 20.7 Å². The number of carbonyl (C=O) groups is 1. The van der Waals surface area contributed by atoms with Crippen molar-refractivity contribution < 1.29 is 4.79 Å². The number of hydrogen-bond acceptors (Lipinski definition) is 4. The van der Waals surface area contributed by atoms with Gasteiger partial charge in [-0.2, -0.15) is 0 Å². The van der Waals surface area contributed by atoms with E-state index < -0.39 is 6.04 Å². The Kier molecular flexibility index (Phi) is 7.60. The standard InChI is InChI=1S/C24H19Cl3N4OS/c1-15(28-23(32)18-9-5-6-10-19(18)26)22-29-30-24(33-14-16-7-3-2-4-8-16)31(22)21-13-17(25)11-12-20(21)27/h2-13,15H,14H2,1H3,(H,28,32). The second kappa shape index (κ2) is 10.6. The zero-order chi connectivity index (χ0) is 23.4. The van der Waals surface area contributed by atoms with Crippen molar-refractivity contribution in [3.8, 4) is 5.69 Å². The van der Waals surface area contributed by atoms with E-state index in [2.05, 4.69) is 15.5 Å². The van der Waals surface area contributed by atoms with E-state index in [1.54, 1.807) is 42.5 Å². The zero-order valence-corrected chi connectivity index (χ0v) is 20.6. The molecule has 0 saturated carbocycles. The van der Waals surface area contributed by atoms with Crippen molar-refractivity contribution in [1.82, 2.24) is 20.1 Å². The number of rotatable bonds is 7. The Bertz CT molecular complexity index is 1280. The Labute approximate surface area is 211 Å². The first-order valence-electron chi connectivity index (χ1n) is 10.1. The third kappa shape index (κ3) is 5.53. The molecule has 1 aromatic heterocycles. The predicted molar refractivity (Wildman–Crippen MR) is 135 cm³/mol. The van der Waals surface area contributed by atoms with Crippen molar-refractivity contribution >= 4 is 52.5 Å². The summed E-state index contributed by atoms with van der Waals surface area (Å²) >= 11 is 20.5. The number of thioether (sulfide) groups is 1. The summed E-state index contributed by atoms with van der Waals surface area (Å²) in [5.41, 5.74) is 2.17. The average Bonchev–Trinajstić information content (AvgIpc) is 3.24. The van der Waals surface area contributed by atoms with E-state index in [1.807, 2.05) is 41.8 Å². The molecule has 0 saturated heterocycles. The molecule has 0 bridgehead atoms. The monoisotopic (exact) mass is 516 g/mol. The SMILES string of the molecule is CC(NC(=O)c1ccccc1Cl)c1nnc(SCc2ccccc2)n1-c1cc(Cl)ccc1Cl. The molecule has 4 aromatic rings. The van der Waals surface area contributed by atoms with Crippen LogP contribution in [0.3, 0.4) is 0 Å². The van der Waals surface area contributed by atoms with E-state index in [-0.39, 0.29) is 5.91 Å². The minimum atomic E-state index is -0.484. The zero-order valence-electron chi connectivity index (χ0n) is 17.5. The summed E-state index contributed by atoms with van der Waals surface area (Å²) in [5.74, 6) is 0.908. The van der Waals surface area contributed by atoms with Gasteiger partial charge in [-0.25, -0.2) is 0 Å². The highest BCUT2D eigenvalue weighted by atomic mass is 35.5. The molecule has 1 amide bonds. The molecule has 9 heteroatoms. The molecular weight excluding hydrogens is 499 g/mol. The van der Waals surface area contributed by atoms with Crippen molar-refractivity contribution in [3.63, 3.8) is 0 Å². The van der Waals surface area contributed by atoms with Gasteiger partial charge in [-0.1, -0.05) is 89.0 Å². The number of carbonyl (C=O) groups excluding carboxylic acids is 1. The number of amides is 1. The van der Waals surface area contributed by atoms with Crippen molar-refractivity contribution in [2.75, 3.05) is 0 Å². The smallest absolute Gasteiger partial charge is 0.253 e. The minimum Gasteiger partial charge on any atom is -0.342 e. The van der Waals surface area contributed by atoms with Gasteiger partial charge >= 0.3 is 0 Å². The summed E-state index contributed by atoms with van der Waals surface area (Å²) in [6, 6.07) is 21.7. The first-order chi connectivity index (χ1) is 15.9. The van der Waals surface area contributed by atoms with Crippen LogP contribution in [0.25, 0.3) is 5.69 Å². The van der Waals surface area contributed by atoms with Gasteiger partial charge < -0.3 is 5.32 Å². The van der Waals surface area contributed by atoms with Crippen LogP contribution in [0.2, 0.25) is 15.1 Å². The molecular formula is C24H19Cl3N4OS. The molecule has 0 aliphatic heterocycles. The van der Waals surface area contributed by atoms with Crippen molar-refractivity contribution in [1.29, 1.82) is 0 Å². The lowest BCUT2D eigenvalue weighted by Crippen LogP contribution is -2.29. The van der Waals surface area contributed by atoms with Gasteiger partial charge in [0.15, 0.2) is 11.0 Å². The summed E-state index contributed by atoms with van der Waals surface area (Å²) in [7, 11) is 0. The fraction of sp³-hybridized carbons (Fsp3) is 0.125. The average molecular weight is 518 g/mol. The maximum atomic E-state index is 12.8. The number of nitrogens with zero attached hydrogens (tertiary/aromatic N) is 3. The van der Waals surface area contributed by atoms with Gasteiger partial charge in [0.25, 0.3) is 5.91 Å². The summed E-state index contributed by atoms with van der Waals surface area (Å²) < 4.78 is 1.83. The molecule has 1 N–H and O–H groups in total. The van der Waals surface area contributed by atoms with E-state index >= 15 is 0 Å². The van der Waals surface area contributed by atoms with Crippen LogP contribution in [0.15, 0.2) is 78.0 Å². The predicted octanol–water partition coefficient (Wildman–Crippen LogP) is 7.01. The summed E-state index contributed by atoms with van der Waals surface area (Å²) in [4.78, 5) is 12.8. The summed E-state index contributed by atoms with van der Waals surface area (Å²) in [5, 5.41) is 13.8. The van der Waals surface area contributed by atoms with Gasteiger partial charge in [-0.3, -0.25) is 9.36 Å². The van der Waals surface area contributed by atoms with Gasteiger partial charge in [0.2, 0.25) is 0 Å². The number of aromatic nitrogens is 3. The molecule has 0 aliphatic rings. The number of halogens is 3. The minimum absolute atomic E-state index is 0.307. The Morgan fingerprint density at radius 3 is 2.45 bits per heavy atom. The van der Waals surface area contributed by atoms with Crippen LogP contribution >= 0.6 is 46.6 Å². The molecule has 168 valence electrons. The molecule has 5 nitrogen and oxygen atoms in total. The van der Waals surface area contributed by atoms with Crippen molar-refractivity contribution in [3.05, 3.63) is 105 Å². The highest BCUT2D eigenvalue weighted by molar-refractivity contribution is 7.98. The molecule has 1 atom stereocenters. The molecule has 1 heterocycles. The molecule has 0 spiro atoms. The number of nitrogens with one attached hydrogen (secondary N) is 1. The van der Waals surface area contributed by atoms with Crippen LogP contribution in [-0.2, 0) is 5.75 Å². The molecule has 33 heavy (non-hydrogen) atoms. The lowest BCUT2D eigenvalue weighted by Gasteiger charge is -2.17. The maximum absolute atomic E-state index is 12.8. The second-order valence-electron chi connectivity index (χ2n) is 7.22. The van der Waals surface area contributed by atoms with Crippen LogP contribution in [0, 0.1) is 0 Å². The third-order valence-electron chi connectivity index (χ3n) is 4.87. The number of benzene rings is 3. The van der Waals surface area contributed by atoms with Gasteiger partial charge in [0, 0.05) is 10.8 Å². The van der Waals surface area contributed by atoms with Gasteiger partial charge in [-0.15, -0.1) is 10.2 Å². The molecule has 0 aliphatic carbocycles. The van der Waals surface area contributed by atoms with Gasteiger partial charge in [0.05, 0.1) is 27.3 Å². The van der Waals surface area contributed by atoms with Crippen LogP contribution < -0.4 is 5.32 Å². The molecule has 0 radical (unpaired) electrons. The second-order valence-corrected chi connectivity index (χ2v) is 9.41. The quantitative estimate of drug-likeness (QED) is 0.268. The van der Waals surface area contributed by atoms with Crippen LogP contribution in [0.4, 0.5) is 0 Å². The fourth-order valence-electron chi connectivity index (χ4n) is 3.25. The van der Waals surface area contributed by atoms with Crippen LogP contribution in [0.1, 0.15) is 34.7 Å². The third-order valence-corrected chi connectivity index (χ3v) is 6.76. The summed E-state index contributed by atoms with van der Waals surface area (Å²) in [6.07, 6.45) is 0. The Balaban J connectivity index is 1.68. The topological polar surface area (TPSA) is 59.8 Å². The van der Waals surface area contributed by atoms with E-state index in [9.17, 15) is 4.79 Å². The lowest BCUT2D eigenvalue weighted by atomic mass is 10.2. The van der Waals surface area contributed by atoms with E-state index in [4.69, 9.17) is 34.8 Å². The first kappa shape index (κ1) is 23.6. The largest absolute Gasteiger partial charge is 0.342 e. The maximum Gasteiger partial charge on any atom is 0.253 e. The Hall–Kier alpha value is -2.51. The Morgan fingerprint density at radius 1 is 0.970 bits per heavy atom. The first-order valence-corrected chi connectivity index (χ1v) is 12.2. The molecule has 3 aromatic carbocycles. The highest BCUT2D eigenvalue weighted by Gasteiger charge is 2.23. The normalized spacial score (nSPS) is 11.9. The molecule has 0 fully saturated rings. The van der Waals surface area contributed by atoms with Crippen molar-refractivity contribution in [2.45, 2.75) is 23.9 Å². The lowest BCUT2D eigenvalue weighted by molar-refractivity contribution is 0.0938. The van der Waals surface area contributed by atoms with Gasteiger partial charge in [-0.05, 0) is 42.8 Å². The van der Waals surface area contributed by atoms with Gasteiger partial charge in [0.1, 0.15) is 0 Å². The van der Waals surface area contributed by atoms with E-state index in [0.717, 1.165) is 5.56 Å². The fourth-order valence-corrected chi connectivity index (χ4v) is 4.74. The number of hydrogen-bond donors (Lipinski definition) is 1. The Morgan fingerprint density at radius 2 is 1.70 bits per heavy atom. The van der Waals surface area contributed by atoms with E-state index in [0.29, 0.717) is 43.1 Å². The summed E-state index contributed by atoms with van der Waals surface area (Å²) in [6.45, 7) is 1.83. The highest BCUT2D eigenvalue weighted by Crippen LogP contribution is 2.32. The van der Waals surface area contributed by atoms with Crippen molar-refractivity contribution in [2.24, 2.45) is 0 Å². The molecule has 4 rings (SSSR count).